The van der Waals surface area contributed by atoms with Gasteiger partial charge in [0.2, 0.25) is 5.91 Å². The van der Waals surface area contributed by atoms with E-state index in [4.69, 9.17) is 25.1 Å². The molecule has 1 aromatic carbocycles. The predicted molar refractivity (Wildman–Crippen MR) is 197 cm³/mol. The Morgan fingerprint density at radius 1 is 1.25 bits per heavy atom. The second kappa shape index (κ2) is 18.1. The minimum Gasteiger partial charge on any atom is -0.495 e. The topological polar surface area (TPSA) is 149 Å². The van der Waals surface area contributed by atoms with Crippen LogP contribution in [0.4, 0.5) is 14.5 Å². The third kappa shape index (κ3) is 10.1. The Bertz CT molecular complexity index is 1560. The molecule has 3 aliphatic rings. The zero-order chi connectivity index (χ0) is 38.1. The number of carbonyl (C=O) groups is 1. The molecule has 0 saturated carbocycles. The summed E-state index contributed by atoms with van der Waals surface area (Å²) < 4.78 is 46.6. The molecule has 0 aromatic heterocycles. The van der Waals surface area contributed by atoms with Crippen LogP contribution >= 0.6 is 0 Å². The average Bonchev–Trinajstić information content (AvgIpc) is 3.10. The summed E-state index contributed by atoms with van der Waals surface area (Å²) >= 11 is 0. The molecule has 3 fully saturated rings. The molecule has 1 aromatic rings. The summed E-state index contributed by atoms with van der Waals surface area (Å²) in [5, 5.41) is 22.9. The van der Waals surface area contributed by atoms with Crippen molar-refractivity contribution in [2.75, 3.05) is 71.1 Å². The van der Waals surface area contributed by atoms with E-state index < -0.39 is 36.5 Å². The van der Waals surface area contributed by atoms with E-state index in [0.717, 1.165) is 66.9 Å². The van der Waals surface area contributed by atoms with Crippen LogP contribution in [0.2, 0.25) is 0 Å². The Labute approximate surface area is 306 Å². The van der Waals surface area contributed by atoms with E-state index in [1.807, 2.05) is 13.8 Å². The molecule has 0 radical (unpaired) electrons. The minimum atomic E-state index is -3.33. The van der Waals surface area contributed by atoms with Gasteiger partial charge in [-0.1, -0.05) is 19.1 Å². The SMILES string of the molecule is CC/C(=C(/N=C\N)C(\C)=C\C(C)(C#N)/C=C(\C)OC1CCN(C(=O)CO)CC1(F)F)C(C)NCc1ccc(N2CCN(C3COC3)CC2)c(OC)c1. The molecule has 3 aliphatic heterocycles. The molecule has 0 spiro atoms. The van der Waals surface area contributed by atoms with Gasteiger partial charge < -0.3 is 40.2 Å². The second-order valence-electron chi connectivity index (χ2n) is 13.9. The van der Waals surface area contributed by atoms with Crippen molar-refractivity contribution in [3.8, 4) is 11.8 Å². The zero-order valence-corrected chi connectivity index (χ0v) is 31.3. The van der Waals surface area contributed by atoms with Crippen LogP contribution in [0, 0.1) is 16.7 Å². The molecule has 1 amide bonds. The van der Waals surface area contributed by atoms with Crippen molar-refractivity contribution in [2.24, 2.45) is 16.1 Å². The molecule has 3 saturated heterocycles. The first-order valence-corrected chi connectivity index (χ1v) is 18.0. The van der Waals surface area contributed by atoms with E-state index in [9.17, 15) is 18.8 Å². The molecule has 4 N–H and O–H groups in total. The molecule has 286 valence electrons. The van der Waals surface area contributed by atoms with Crippen molar-refractivity contribution in [3.05, 3.63) is 58.5 Å². The van der Waals surface area contributed by atoms with Crippen LogP contribution in [0.15, 0.2) is 57.9 Å². The van der Waals surface area contributed by atoms with Crippen molar-refractivity contribution in [1.29, 1.82) is 5.26 Å². The van der Waals surface area contributed by atoms with Crippen LogP contribution in [0.1, 0.15) is 53.0 Å². The smallest absolute Gasteiger partial charge is 0.301 e. The number of hydrogen-bond donors (Lipinski definition) is 3. The highest BCUT2D eigenvalue weighted by molar-refractivity contribution is 5.77. The molecule has 3 heterocycles. The first-order valence-electron chi connectivity index (χ1n) is 18.0. The number of benzene rings is 1. The van der Waals surface area contributed by atoms with Gasteiger partial charge in [0.05, 0.1) is 67.9 Å². The number of anilines is 1. The highest BCUT2D eigenvalue weighted by atomic mass is 19.3. The maximum absolute atomic E-state index is 14.9. The summed E-state index contributed by atoms with van der Waals surface area (Å²) in [7, 11) is 1.70. The fourth-order valence-electron chi connectivity index (χ4n) is 7.12. The Balaban J connectivity index is 1.45. The number of alkyl halides is 2. The van der Waals surface area contributed by atoms with Gasteiger partial charge >= 0.3 is 5.92 Å². The van der Waals surface area contributed by atoms with Gasteiger partial charge in [-0.15, -0.1) is 0 Å². The van der Waals surface area contributed by atoms with Crippen LogP contribution in [0.25, 0.3) is 0 Å². The van der Waals surface area contributed by atoms with Gasteiger partial charge in [-0.25, -0.2) is 13.8 Å². The van der Waals surface area contributed by atoms with Gasteiger partial charge in [0.1, 0.15) is 12.4 Å². The monoisotopic (exact) mass is 727 g/mol. The fourth-order valence-corrected chi connectivity index (χ4v) is 7.12. The molecule has 0 bridgehead atoms. The molecule has 12 nitrogen and oxygen atoms in total. The van der Waals surface area contributed by atoms with Gasteiger partial charge in [-0.05, 0) is 69.0 Å². The van der Waals surface area contributed by atoms with Crippen molar-refractivity contribution in [1.82, 2.24) is 15.1 Å². The minimum absolute atomic E-state index is 0.0340. The highest BCUT2D eigenvalue weighted by Gasteiger charge is 2.47. The number of hydrogen-bond acceptors (Lipinski definition) is 10. The van der Waals surface area contributed by atoms with E-state index >= 15 is 0 Å². The number of nitrogens with one attached hydrogen (secondary N) is 1. The van der Waals surface area contributed by atoms with E-state index in [1.54, 1.807) is 20.1 Å². The van der Waals surface area contributed by atoms with E-state index in [-0.39, 0.29) is 24.8 Å². The number of carbonyl (C=O) groups excluding carboxylic acids is 1. The summed E-state index contributed by atoms with van der Waals surface area (Å²) in [4.78, 5) is 22.1. The maximum atomic E-state index is 14.9. The number of piperazine rings is 1. The number of piperidine rings is 1. The Hall–Kier alpha value is -4.03. The lowest BCUT2D eigenvalue weighted by atomic mass is 9.87. The number of allylic oxidation sites excluding steroid dienone is 4. The van der Waals surface area contributed by atoms with Crippen molar-refractivity contribution < 1.29 is 32.9 Å². The normalized spacial score (nSPS) is 22.7. The number of aliphatic hydroxyl groups is 1. The Kier molecular flexibility index (Phi) is 14.2. The van der Waals surface area contributed by atoms with Crippen molar-refractivity contribution in [3.63, 3.8) is 0 Å². The highest BCUT2D eigenvalue weighted by Crippen LogP contribution is 2.34. The first-order chi connectivity index (χ1) is 24.8. The van der Waals surface area contributed by atoms with E-state index in [0.29, 0.717) is 30.3 Å². The summed E-state index contributed by atoms with van der Waals surface area (Å²) in [5.41, 5.74) is 9.04. The first kappa shape index (κ1) is 40.7. The third-order valence-electron chi connectivity index (χ3n) is 10.0. The molecule has 52 heavy (non-hydrogen) atoms. The third-order valence-corrected chi connectivity index (χ3v) is 10.0. The lowest BCUT2D eigenvalue weighted by Gasteiger charge is -2.43. The Morgan fingerprint density at radius 3 is 2.52 bits per heavy atom. The maximum Gasteiger partial charge on any atom is 0.301 e. The number of halogens is 2. The lowest BCUT2D eigenvalue weighted by molar-refractivity contribution is -0.171. The average molecular weight is 728 g/mol. The number of rotatable bonds is 15. The summed E-state index contributed by atoms with van der Waals surface area (Å²) in [6, 6.07) is 9.01. The van der Waals surface area contributed by atoms with E-state index in [2.05, 4.69) is 51.3 Å². The van der Waals surface area contributed by atoms with Gasteiger partial charge in [-0.3, -0.25) is 9.69 Å². The molecular formula is C38H55F2N7O5. The standard InChI is InChI=1S/C38H55F2N7O5/c1-7-31(28(4)43-19-29-8-9-32(33(16-29)50-6)46-14-12-45(13-15-46)30-21-51-22-30)36(44-25-42)26(2)17-37(5,23-41)18-27(3)52-34-10-11-47(35(49)20-48)24-38(34,39)40/h8-9,16-18,25,28,30,34,43,48H,7,10-15,19-22,24H2,1-6H3,(H2,42,44)/b26-17+,27-18+,36-31-. The lowest BCUT2D eigenvalue weighted by Crippen LogP contribution is -2.56. The fraction of sp³-hybridized carbons (Fsp3) is 0.605. The Morgan fingerprint density at radius 2 is 1.96 bits per heavy atom. The quantitative estimate of drug-likeness (QED) is 0.105. The molecule has 4 rings (SSSR count). The zero-order valence-electron chi connectivity index (χ0n) is 31.3. The van der Waals surface area contributed by atoms with Gasteiger partial charge in [-0.2, -0.15) is 5.26 Å². The van der Waals surface area contributed by atoms with Crippen LogP contribution < -0.4 is 20.7 Å². The number of aliphatic imine (C=N–C) groups is 1. The summed E-state index contributed by atoms with van der Waals surface area (Å²) in [6.45, 7) is 13.6. The second-order valence-corrected chi connectivity index (χ2v) is 13.9. The number of likely N-dealkylation sites (tertiary alicyclic amines) is 1. The number of methoxy groups -OCH3 is 1. The van der Waals surface area contributed by atoms with Crippen LogP contribution in [0.5, 0.6) is 5.75 Å². The molecule has 14 heteroatoms. The molecule has 3 atom stereocenters. The van der Waals surface area contributed by atoms with Crippen LogP contribution in [-0.4, -0.2) is 117 Å². The number of amides is 1. The largest absolute Gasteiger partial charge is 0.495 e. The summed E-state index contributed by atoms with van der Waals surface area (Å²) in [5.74, 6) is -3.09. The van der Waals surface area contributed by atoms with Gasteiger partial charge in [0, 0.05) is 51.7 Å². The van der Waals surface area contributed by atoms with Crippen molar-refractivity contribution >= 4 is 17.9 Å². The van der Waals surface area contributed by atoms with Crippen LogP contribution in [0.3, 0.4) is 0 Å². The number of ether oxygens (including phenoxy) is 3. The number of nitrogens with two attached hydrogens (primary N) is 1. The number of nitrogens with zero attached hydrogens (tertiary/aromatic N) is 5. The van der Waals surface area contributed by atoms with Crippen LogP contribution in [-0.2, 0) is 20.8 Å². The van der Waals surface area contributed by atoms with Gasteiger partial charge in [0.25, 0.3) is 0 Å². The molecular weight excluding hydrogens is 672 g/mol. The molecule has 0 aliphatic carbocycles. The molecule has 3 unspecified atom stereocenters. The summed E-state index contributed by atoms with van der Waals surface area (Å²) in [6.07, 6.45) is 3.53. The van der Waals surface area contributed by atoms with Crippen molar-refractivity contribution in [2.45, 2.75) is 78.1 Å². The number of aliphatic hydroxyl groups excluding tert-OH is 1. The number of nitriles is 1. The predicted octanol–water partition coefficient (Wildman–Crippen LogP) is 3.97. The van der Waals surface area contributed by atoms with E-state index in [1.165, 1.54) is 19.3 Å². The van der Waals surface area contributed by atoms with Gasteiger partial charge in [0.15, 0.2) is 6.10 Å².